The van der Waals surface area contributed by atoms with Crippen LogP contribution >= 0.6 is 23.5 Å². The number of alkyl halides is 2. The fourth-order valence-corrected chi connectivity index (χ4v) is 5.66. The summed E-state index contributed by atoms with van der Waals surface area (Å²) >= 11 is 7.64. The third-order valence-electron chi connectivity index (χ3n) is 6.18. The zero-order valence-electron chi connectivity index (χ0n) is 18.4. The van der Waals surface area contributed by atoms with Gasteiger partial charge in [0.25, 0.3) is 6.43 Å². The standard InChI is InChI=1S/C25H24ClF2N3OS/c1-29-9-11-30(12-10-29)22-14-23(18-5-3-4-6-19(18)24(22)32-2)33-31-15-20(25(27)28)17-8-7-16(26)13-21(17)31/h3-8,13-15,25H,9-12H2,1-2H3. The van der Waals surface area contributed by atoms with E-state index >= 15 is 0 Å². The minimum Gasteiger partial charge on any atom is -0.494 e. The molecule has 4 nitrogen and oxygen atoms in total. The van der Waals surface area contributed by atoms with E-state index in [2.05, 4.69) is 22.9 Å². The van der Waals surface area contributed by atoms with Gasteiger partial charge in [0.05, 0.1) is 18.3 Å². The van der Waals surface area contributed by atoms with Crippen LogP contribution in [0.15, 0.2) is 59.6 Å². The summed E-state index contributed by atoms with van der Waals surface area (Å²) in [6, 6.07) is 15.2. The zero-order chi connectivity index (χ0) is 23.1. The van der Waals surface area contributed by atoms with Crippen LogP contribution in [0.4, 0.5) is 14.5 Å². The van der Waals surface area contributed by atoms with Crippen LogP contribution in [0.1, 0.15) is 12.0 Å². The number of hydrogen-bond acceptors (Lipinski definition) is 4. The molecule has 0 atom stereocenters. The Balaban J connectivity index is 1.67. The number of benzene rings is 3. The van der Waals surface area contributed by atoms with Gasteiger partial charge < -0.3 is 14.5 Å². The molecule has 172 valence electrons. The van der Waals surface area contributed by atoms with Crippen molar-refractivity contribution in [3.63, 3.8) is 0 Å². The van der Waals surface area contributed by atoms with Crippen LogP contribution in [0, 0.1) is 0 Å². The molecule has 0 bridgehead atoms. The van der Waals surface area contributed by atoms with Gasteiger partial charge in [-0.15, -0.1) is 0 Å². The molecule has 0 unspecified atom stereocenters. The molecular formula is C25H24ClF2N3OS. The number of aromatic nitrogens is 1. The van der Waals surface area contributed by atoms with Crippen molar-refractivity contribution in [2.24, 2.45) is 0 Å². The van der Waals surface area contributed by atoms with Crippen molar-refractivity contribution in [2.75, 3.05) is 45.2 Å². The Morgan fingerprint density at radius 3 is 2.39 bits per heavy atom. The third kappa shape index (κ3) is 4.14. The minimum absolute atomic E-state index is 0.00581. The lowest BCUT2D eigenvalue weighted by Crippen LogP contribution is -2.44. The van der Waals surface area contributed by atoms with Crippen LogP contribution in [0.3, 0.4) is 0 Å². The van der Waals surface area contributed by atoms with Crippen molar-refractivity contribution in [1.29, 1.82) is 0 Å². The molecule has 1 aliphatic rings. The normalized spacial score (nSPS) is 15.2. The Labute approximate surface area is 200 Å². The van der Waals surface area contributed by atoms with E-state index in [9.17, 15) is 8.78 Å². The Hall–Kier alpha value is -2.48. The van der Waals surface area contributed by atoms with Gasteiger partial charge in [-0.1, -0.05) is 41.9 Å². The highest BCUT2D eigenvalue weighted by Gasteiger charge is 2.23. The molecule has 2 heterocycles. The monoisotopic (exact) mass is 487 g/mol. The average molecular weight is 488 g/mol. The molecule has 1 saturated heterocycles. The first kappa shape index (κ1) is 22.3. The maximum atomic E-state index is 13.8. The molecule has 1 aromatic heterocycles. The predicted octanol–water partition coefficient (Wildman–Crippen LogP) is 6.70. The summed E-state index contributed by atoms with van der Waals surface area (Å²) in [4.78, 5) is 5.62. The Kier molecular flexibility index (Phi) is 6.12. The average Bonchev–Trinajstić information content (AvgIpc) is 3.17. The summed E-state index contributed by atoms with van der Waals surface area (Å²) in [5.41, 5.74) is 1.70. The largest absolute Gasteiger partial charge is 0.494 e. The highest BCUT2D eigenvalue weighted by molar-refractivity contribution is 7.98. The summed E-state index contributed by atoms with van der Waals surface area (Å²) < 4.78 is 35.2. The van der Waals surface area contributed by atoms with E-state index in [-0.39, 0.29) is 5.56 Å². The van der Waals surface area contributed by atoms with Gasteiger partial charge in [-0.05, 0) is 37.2 Å². The summed E-state index contributed by atoms with van der Waals surface area (Å²) in [5.74, 6) is 0.841. The molecular weight excluding hydrogens is 464 g/mol. The molecule has 4 aromatic rings. The third-order valence-corrected chi connectivity index (χ3v) is 7.45. The molecule has 0 N–H and O–H groups in total. The maximum absolute atomic E-state index is 13.8. The smallest absolute Gasteiger partial charge is 0.265 e. The van der Waals surface area contributed by atoms with Crippen LogP contribution in [0.25, 0.3) is 21.7 Å². The summed E-state index contributed by atoms with van der Waals surface area (Å²) in [7, 11) is 3.82. The van der Waals surface area contributed by atoms with Crippen molar-refractivity contribution in [2.45, 2.75) is 11.3 Å². The van der Waals surface area contributed by atoms with Gasteiger partial charge in [0.2, 0.25) is 0 Å². The lowest BCUT2D eigenvalue weighted by molar-refractivity contribution is 0.153. The molecule has 3 aromatic carbocycles. The number of ether oxygens (including phenoxy) is 1. The molecule has 5 rings (SSSR count). The molecule has 8 heteroatoms. The van der Waals surface area contributed by atoms with Crippen molar-refractivity contribution < 1.29 is 13.5 Å². The lowest BCUT2D eigenvalue weighted by atomic mass is 10.1. The van der Waals surface area contributed by atoms with Gasteiger partial charge in [-0.3, -0.25) is 3.97 Å². The number of fused-ring (bicyclic) bond motifs is 2. The van der Waals surface area contributed by atoms with E-state index in [0.717, 1.165) is 53.3 Å². The van der Waals surface area contributed by atoms with E-state index in [0.29, 0.717) is 15.9 Å². The SMILES string of the molecule is COc1c(N2CCN(C)CC2)cc(Sn2cc(C(F)F)c3ccc(Cl)cc32)c2ccccc12. The summed E-state index contributed by atoms with van der Waals surface area (Å²) in [6.45, 7) is 3.73. The van der Waals surface area contributed by atoms with E-state index < -0.39 is 6.43 Å². The number of anilines is 1. The number of methoxy groups -OCH3 is 1. The number of likely N-dealkylation sites (N-methyl/N-ethyl adjacent to an activating group) is 1. The van der Waals surface area contributed by atoms with Gasteiger partial charge in [-0.2, -0.15) is 0 Å². The van der Waals surface area contributed by atoms with Crippen LogP contribution in [-0.4, -0.2) is 49.2 Å². The van der Waals surface area contributed by atoms with Crippen LogP contribution in [0.5, 0.6) is 5.75 Å². The summed E-state index contributed by atoms with van der Waals surface area (Å²) in [6.07, 6.45) is -1.05. The highest BCUT2D eigenvalue weighted by atomic mass is 35.5. The predicted molar refractivity (Wildman–Crippen MR) is 133 cm³/mol. The zero-order valence-corrected chi connectivity index (χ0v) is 20.0. The fraction of sp³-hybridized carbons (Fsp3) is 0.280. The highest BCUT2D eigenvalue weighted by Crippen LogP contribution is 2.44. The summed E-state index contributed by atoms with van der Waals surface area (Å²) in [5, 5.41) is 3.04. The van der Waals surface area contributed by atoms with E-state index in [1.807, 2.05) is 24.3 Å². The molecule has 1 fully saturated rings. The van der Waals surface area contributed by atoms with Crippen LogP contribution in [-0.2, 0) is 0 Å². The molecule has 1 aliphatic heterocycles. The van der Waals surface area contributed by atoms with E-state index in [4.69, 9.17) is 16.3 Å². The van der Waals surface area contributed by atoms with E-state index in [1.165, 1.54) is 18.1 Å². The molecule has 0 saturated carbocycles. The molecule has 0 spiro atoms. The van der Waals surface area contributed by atoms with Gasteiger partial charge >= 0.3 is 0 Å². The second-order valence-electron chi connectivity index (χ2n) is 8.23. The first-order valence-corrected chi connectivity index (χ1v) is 11.9. The van der Waals surface area contributed by atoms with Crippen molar-refractivity contribution >= 4 is 50.9 Å². The minimum atomic E-state index is -2.57. The van der Waals surface area contributed by atoms with Crippen molar-refractivity contribution in [3.05, 3.63) is 65.3 Å². The second kappa shape index (κ2) is 9.05. The number of hydrogen-bond donors (Lipinski definition) is 0. The first-order chi connectivity index (χ1) is 16.0. The Morgan fingerprint density at radius 1 is 0.970 bits per heavy atom. The second-order valence-corrected chi connectivity index (χ2v) is 9.68. The lowest BCUT2D eigenvalue weighted by Gasteiger charge is -2.35. The molecule has 33 heavy (non-hydrogen) atoms. The van der Waals surface area contributed by atoms with E-state index in [1.54, 1.807) is 29.3 Å². The van der Waals surface area contributed by atoms with Crippen LogP contribution in [0.2, 0.25) is 5.02 Å². The number of piperazine rings is 1. The number of rotatable bonds is 5. The number of nitrogens with zero attached hydrogens (tertiary/aromatic N) is 3. The Bertz CT molecular complexity index is 1320. The maximum Gasteiger partial charge on any atom is 0.265 e. The fourth-order valence-electron chi connectivity index (χ4n) is 4.43. The topological polar surface area (TPSA) is 20.6 Å². The van der Waals surface area contributed by atoms with Crippen molar-refractivity contribution in [1.82, 2.24) is 8.87 Å². The quantitative estimate of drug-likeness (QED) is 0.312. The molecule has 0 radical (unpaired) electrons. The van der Waals surface area contributed by atoms with Gasteiger partial charge in [0, 0.05) is 64.0 Å². The van der Waals surface area contributed by atoms with Gasteiger partial charge in [-0.25, -0.2) is 8.78 Å². The first-order valence-electron chi connectivity index (χ1n) is 10.8. The number of halogens is 3. The van der Waals surface area contributed by atoms with Crippen molar-refractivity contribution in [3.8, 4) is 5.75 Å². The van der Waals surface area contributed by atoms with Crippen LogP contribution < -0.4 is 9.64 Å². The molecule has 0 aliphatic carbocycles. The van der Waals surface area contributed by atoms with Gasteiger partial charge in [0.15, 0.2) is 0 Å². The molecule has 0 amide bonds. The Morgan fingerprint density at radius 2 is 1.70 bits per heavy atom. The van der Waals surface area contributed by atoms with Gasteiger partial charge in [0.1, 0.15) is 5.75 Å².